The number of carbonyl (C=O) groups is 1. The molecule has 0 bridgehead atoms. The predicted molar refractivity (Wildman–Crippen MR) is 95.9 cm³/mol. The van der Waals surface area contributed by atoms with Crippen LogP contribution in [-0.2, 0) is 0 Å². The molecule has 0 saturated carbocycles. The maximum absolute atomic E-state index is 12.7. The summed E-state index contributed by atoms with van der Waals surface area (Å²) in [5, 5.41) is 5.33. The van der Waals surface area contributed by atoms with Gasteiger partial charge in [0.15, 0.2) is 5.69 Å². The van der Waals surface area contributed by atoms with Crippen molar-refractivity contribution < 1.29 is 4.79 Å². The molecule has 2 heterocycles. The van der Waals surface area contributed by atoms with Gasteiger partial charge in [-0.25, -0.2) is 4.68 Å². The molecular weight excluding hydrogens is 347 g/mol. The molecule has 2 aromatic rings. The number of hydrogen-bond acceptors (Lipinski definition) is 3. The third-order valence-electron chi connectivity index (χ3n) is 4.46. The van der Waals surface area contributed by atoms with Crippen molar-refractivity contribution >= 4 is 29.1 Å². The van der Waals surface area contributed by atoms with Gasteiger partial charge in [0, 0.05) is 25.3 Å². The number of rotatable bonds is 3. The van der Waals surface area contributed by atoms with Gasteiger partial charge in [0.25, 0.3) is 5.91 Å². The monoisotopic (exact) mass is 366 g/mol. The molecule has 1 aliphatic heterocycles. The van der Waals surface area contributed by atoms with Crippen LogP contribution in [0, 0.1) is 5.92 Å². The van der Waals surface area contributed by atoms with E-state index in [2.05, 4.69) is 5.10 Å². The number of carbonyl (C=O) groups excluding carboxylic acids is 1. The Morgan fingerprint density at radius 1 is 1.33 bits per heavy atom. The highest BCUT2D eigenvalue weighted by Crippen LogP contribution is 2.25. The molecular formula is C17H20Cl2N4O. The Balaban J connectivity index is 1.77. The molecule has 0 spiro atoms. The first kappa shape index (κ1) is 17.3. The normalized spacial score (nSPS) is 19.3. The zero-order chi connectivity index (χ0) is 17.3. The zero-order valence-electron chi connectivity index (χ0n) is 13.5. The Morgan fingerprint density at radius 3 is 2.83 bits per heavy atom. The summed E-state index contributed by atoms with van der Waals surface area (Å²) in [7, 11) is 0. The van der Waals surface area contributed by atoms with Crippen LogP contribution >= 0.6 is 23.2 Å². The molecule has 2 unspecified atom stereocenters. The summed E-state index contributed by atoms with van der Waals surface area (Å²) in [6.07, 6.45) is 3.80. The van der Waals surface area contributed by atoms with Gasteiger partial charge in [-0.15, -0.1) is 0 Å². The average molecular weight is 367 g/mol. The number of halogens is 2. The number of benzene rings is 1. The SMILES string of the molecule is CC(N)C1CCCN(C(=O)c2ccn(-c3ccc(Cl)c(Cl)c3)n2)C1. The van der Waals surface area contributed by atoms with Crippen molar-refractivity contribution in [2.75, 3.05) is 13.1 Å². The van der Waals surface area contributed by atoms with Crippen molar-refractivity contribution in [3.8, 4) is 5.69 Å². The van der Waals surface area contributed by atoms with E-state index in [1.165, 1.54) is 0 Å². The fraction of sp³-hybridized carbons (Fsp3) is 0.412. The molecule has 128 valence electrons. The minimum Gasteiger partial charge on any atom is -0.337 e. The Hall–Kier alpha value is -1.56. The topological polar surface area (TPSA) is 64.2 Å². The number of aromatic nitrogens is 2. The van der Waals surface area contributed by atoms with Crippen LogP contribution < -0.4 is 5.73 Å². The molecule has 0 radical (unpaired) electrons. The molecule has 1 saturated heterocycles. The van der Waals surface area contributed by atoms with Crippen LogP contribution in [0.15, 0.2) is 30.5 Å². The standard InChI is InChI=1S/C17H20Cl2N4O/c1-11(20)12-3-2-7-22(10-12)17(24)16-6-8-23(21-16)13-4-5-14(18)15(19)9-13/h4-6,8-9,11-12H,2-3,7,10,20H2,1H3. The highest BCUT2D eigenvalue weighted by atomic mass is 35.5. The van der Waals surface area contributed by atoms with Crippen LogP contribution in [0.2, 0.25) is 10.0 Å². The molecule has 2 atom stereocenters. The van der Waals surface area contributed by atoms with E-state index >= 15 is 0 Å². The first-order valence-corrected chi connectivity index (χ1v) is 8.77. The second-order valence-electron chi connectivity index (χ2n) is 6.26. The Labute approximate surface area is 151 Å². The van der Waals surface area contributed by atoms with E-state index in [4.69, 9.17) is 28.9 Å². The lowest BCUT2D eigenvalue weighted by Gasteiger charge is -2.34. The quantitative estimate of drug-likeness (QED) is 0.905. The number of hydrogen-bond donors (Lipinski definition) is 1. The van der Waals surface area contributed by atoms with Crippen molar-refractivity contribution in [3.05, 3.63) is 46.2 Å². The first-order chi connectivity index (χ1) is 11.5. The Morgan fingerprint density at radius 2 is 2.12 bits per heavy atom. The van der Waals surface area contributed by atoms with Crippen LogP contribution in [0.5, 0.6) is 0 Å². The summed E-state index contributed by atoms with van der Waals surface area (Å²) in [5.41, 5.74) is 7.18. The summed E-state index contributed by atoms with van der Waals surface area (Å²) in [4.78, 5) is 14.5. The van der Waals surface area contributed by atoms with E-state index in [9.17, 15) is 4.79 Å². The average Bonchev–Trinajstić information content (AvgIpc) is 3.06. The Bertz CT molecular complexity index is 744. The molecule has 1 fully saturated rings. The molecule has 5 nitrogen and oxygen atoms in total. The van der Waals surface area contributed by atoms with Crippen LogP contribution in [0.25, 0.3) is 5.69 Å². The van der Waals surface area contributed by atoms with Gasteiger partial charge in [-0.05, 0) is 49.9 Å². The lowest BCUT2D eigenvalue weighted by molar-refractivity contribution is 0.0654. The fourth-order valence-corrected chi connectivity index (χ4v) is 3.29. The van der Waals surface area contributed by atoms with Gasteiger partial charge in [0.05, 0.1) is 15.7 Å². The van der Waals surface area contributed by atoms with Crippen molar-refractivity contribution in [1.82, 2.24) is 14.7 Å². The zero-order valence-corrected chi connectivity index (χ0v) is 15.0. The van der Waals surface area contributed by atoms with Gasteiger partial charge in [-0.2, -0.15) is 5.10 Å². The largest absolute Gasteiger partial charge is 0.337 e. The lowest BCUT2D eigenvalue weighted by atomic mass is 9.92. The van der Waals surface area contributed by atoms with Crippen LogP contribution in [0.3, 0.4) is 0 Å². The van der Waals surface area contributed by atoms with Gasteiger partial charge >= 0.3 is 0 Å². The summed E-state index contributed by atoms with van der Waals surface area (Å²) in [6, 6.07) is 7.05. The second-order valence-corrected chi connectivity index (χ2v) is 7.07. The number of likely N-dealkylation sites (tertiary alicyclic amines) is 1. The van der Waals surface area contributed by atoms with E-state index in [1.54, 1.807) is 29.1 Å². The molecule has 24 heavy (non-hydrogen) atoms. The van der Waals surface area contributed by atoms with E-state index in [0.717, 1.165) is 25.1 Å². The molecule has 2 N–H and O–H groups in total. The molecule has 1 aliphatic rings. The molecule has 0 aliphatic carbocycles. The maximum atomic E-state index is 12.7. The molecule has 1 aromatic carbocycles. The molecule has 1 aromatic heterocycles. The minimum absolute atomic E-state index is 0.0563. The summed E-state index contributed by atoms with van der Waals surface area (Å²) < 4.78 is 1.63. The van der Waals surface area contributed by atoms with E-state index in [0.29, 0.717) is 28.2 Å². The van der Waals surface area contributed by atoms with E-state index in [1.807, 2.05) is 17.9 Å². The van der Waals surface area contributed by atoms with E-state index in [-0.39, 0.29) is 11.9 Å². The number of nitrogens with two attached hydrogens (primary N) is 1. The van der Waals surface area contributed by atoms with Crippen LogP contribution in [0.4, 0.5) is 0 Å². The molecule has 1 amide bonds. The summed E-state index contributed by atoms with van der Waals surface area (Å²) in [6.45, 7) is 3.44. The smallest absolute Gasteiger partial charge is 0.274 e. The second kappa shape index (κ2) is 7.13. The predicted octanol–water partition coefficient (Wildman–Crippen LogP) is 3.38. The minimum atomic E-state index is -0.0563. The Kier molecular flexibility index (Phi) is 5.13. The fourth-order valence-electron chi connectivity index (χ4n) is 2.99. The summed E-state index contributed by atoms with van der Waals surface area (Å²) >= 11 is 12.0. The number of nitrogens with zero attached hydrogens (tertiary/aromatic N) is 3. The third-order valence-corrected chi connectivity index (χ3v) is 5.20. The first-order valence-electron chi connectivity index (χ1n) is 8.01. The highest BCUT2D eigenvalue weighted by Gasteiger charge is 2.27. The van der Waals surface area contributed by atoms with E-state index < -0.39 is 0 Å². The van der Waals surface area contributed by atoms with Crippen molar-refractivity contribution in [3.63, 3.8) is 0 Å². The van der Waals surface area contributed by atoms with Gasteiger partial charge in [0.2, 0.25) is 0 Å². The highest BCUT2D eigenvalue weighted by molar-refractivity contribution is 6.42. The van der Waals surface area contributed by atoms with Gasteiger partial charge in [-0.1, -0.05) is 23.2 Å². The van der Waals surface area contributed by atoms with Crippen LogP contribution in [0.1, 0.15) is 30.3 Å². The van der Waals surface area contributed by atoms with Gasteiger partial charge < -0.3 is 10.6 Å². The van der Waals surface area contributed by atoms with Crippen molar-refractivity contribution in [1.29, 1.82) is 0 Å². The van der Waals surface area contributed by atoms with Crippen molar-refractivity contribution in [2.24, 2.45) is 11.7 Å². The lowest BCUT2D eigenvalue weighted by Crippen LogP contribution is -2.45. The maximum Gasteiger partial charge on any atom is 0.274 e. The van der Waals surface area contributed by atoms with Gasteiger partial charge in [-0.3, -0.25) is 4.79 Å². The van der Waals surface area contributed by atoms with Crippen LogP contribution in [-0.4, -0.2) is 39.7 Å². The van der Waals surface area contributed by atoms with Crippen molar-refractivity contribution in [2.45, 2.75) is 25.8 Å². The number of piperidine rings is 1. The van der Waals surface area contributed by atoms with Gasteiger partial charge in [0.1, 0.15) is 0 Å². The summed E-state index contributed by atoms with van der Waals surface area (Å²) in [5.74, 6) is 0.291. The molecule has 7 heteroatoms. The number of amides is 1. The third kappa shape index (κ3) is 3.58. The molecule has 3 rings (SSSR count).